The van der Waals surface area contributed by atoms with Crippen LogP contribution in [-0.4, -0.2) is 80.6 Å². The number of halogens is 2. The number of hydrogen-bond donors (Lipinski definition) is 1. The third kappa shape index (κ3) is 8.12. The van der Waals surface area contributed by atoms with Gasteiger partial charge in [0.1, 0.15) is 23.7 Å². The lowest BCUT2D eigenvalue weighted by Crippen LogP contribution is -2.52. The molecule has 2 aliphatic carbocycles. The van der Waals surface area contributed by atoms with Gasteiger partial charge >= 0.3 is 0 Å². The normalized spacial score (nSPS) is 24.8. The number of ether oxygens (including phenoxy) is 1. The van der Waals surface area contributed by atoms with Gasteiger partial charge in [0.2, 0.25) is 11.8 Å². The van der Waals surface area contributed by atoms with E-state index in [9.17, 15) is 24.4 Å². The van der Waals surface area contributed by atoms with Gasteiger partial charge in [-0.05, 0) is 118 Å². The maximum Gasteiger partial charge on any atom is 0.256 e. The highest BCUT2D eigenvalue weighted by atomic mass is 35.5. The van der Waals surface area contributed by atoms with E-state index in [4.69, 9.17) is 21.3 Å². The molecule has 5 heterocycles. The predicted octanol–water partition coefficient (Wildman–Crippen LogP) is 8.08. The van der Waals surface area contributed by atoms with E-state index < -0.39 is 17.5 Å². The standard InChI is InChI=1S/C49H48ClFN6O5/c1-2-49(18-15-36(16-19-49)62-37-11-9-33(26-52)41(50)24-37)57-29-43-38(48(57)61)12-10-35(53-43)22-30-5-7-31(8-6-30)27-55-20-3-4-32(17-21-55)39-25-40-34(23-42(39)51)28-56(47(40)60)44-13-14-45(58)54-46(44)59/h2,4,7,9-12,22-25,36,44H,1,3,5-6,8,13-21,27-29H2,(H,54,58,59)/b30-22-. The van der Waals surface area contributed by atoms with Crippen molar-refractivity contribution in [3.05, 3.63) is 128 Å². The summed E-state index contributed by atoms with van der Waals surface area (Å²) in [5.41, 5.74) is 7.19. The number of nitrogens with one attached hydrogen (secondary N) is 1. The van der Waals surface area contributed by atoms with E-state index in [2.05, 4.69) is 41.1 Å². The Morgan fingerprint density at radius 1 is 0.952 bits per heavy atom. The molecule has 1 atom stereocenters. The monoisotopic (exact) mass is 854 g/mol. The Balaban J connectivity index is 0.778. The number of pyridine rings is 1. The smallest absolute Gasteiger partial charge is 0.256 e. The molecule has 2 aromatic carbocycles. The van der Waals surface area contributed by atoms with Gasteiger partial charge in [0, 0.05) is 49.8 Å². The molecule has 318 valence electrons. The topological polar surface area (TPSA) is 136 Å². The van der Waals surface area contributed by atoms with Crippen molar-refractivity contribution in [1.82, 2.24) is 25.0 Å². The zero-order chi connectivity index (χ0) is 43.1. The van der Waals surface area contributed by atoms with E-state index in [1.807, 2.05) is 23.1 Å². The molecule has 4 amide bonds. The summed E-state index contributed by atoms with van der Waals surface area (Å²) < 4.78 is 21.8. The summed E-state index contributed by atoms with van der Waals surface area (Å²) in [5.74, 6) is -0.874. The van der Waals surface area contributed by atoms with Crippen molar-refractivity contribution in [3.8, 4) is 11.8 Å². The minimum atomic E-state index is -0.737. The van der Waals surface area contributed by atoms with E-state index in [1.54, 1.807) is 24.3 Å². The molecule has 62 heavy (non-hydrogen) atoms. The molecule has 11 nitrogen and oxygen atoms in total. The van der Waals surface area contributed by atoms with Gasteiger partial charge in [0.15, 0.2) is 0 Å². The molecule has 1 aromatic heterocycles. The van der Waals surface area contributed by atoms with Crippen LogP contribution in [0.5, 0.6) is 5.75 Å². The molecule has 0 bridgehead atoms. The number of nitrogens with zero attached hydrogens (tertiary/aromatic N) is 5. The van der Waals surface area contributed by atoms with Crippen LogP contribution < -0.4 is 10.1 Å². The Labute approximate surface area is 365 Å². The average Bonchev–Trinajstić information content (AvgIpc) is 3.65. The van der Waals surface area contributed by atoms with Gasteiger partial charge in [-0.1, -0.05) is 41.0 Å². The molecular weight excluding hydrogens is 807 g/mol. The van der Waals surface area contributed by atoms with Crippen LogP contribution in [0.25, 0.3) is 11.6 Å². The number of allylic oxidation sites excluding steroid dienone is 2. The van der Waals surface area contributed by atoms with Crippen LogP contribution in [0.2, 0.25) is 5.02 Å². The van der Waals surface area contributed by atoms with Gasteiger partial charge < -0.3 is 14.5 Å². The molecule has 6 aliphatic rings. The van der Waals surface area contributed by atoms with E-state index in [0.29, 0.717) is 51.6 Å². The largest absolute Gasteiger partial charge is 0.490 e. The molecule has 9 rings (SSSR count). The maximum absolute atomic E-state index is 15.6. The number of fused-ring (bicyclic) bond motifs is 2. The van der Waals surface area contributed by atoms with Gasteiger partial charge in [-0.3, -0.25) is 34.4 Å². The van der Waals surface area contributed by atoms with Gasteiger partial charge in [-0.2, -0.15) is 5.26 Å². The Hall–Kier alpha value is -5.90. The highest BCUT2D eigenvalue weighted by Gasteiger charge is 2.45. The zero-order valence-corrected chi connectivity index (χ0v) is 35.3. The highest BCUT2D eigenvalue weighted by Crippen LogP contribution is 2.41. The molecule has 1 unspecified atom stereocenters. The Kier molecular flexibility index (Phi) is 11.4. The van der Waals surface area contributed by atoms with Crippen molar-refractivity contribution in [2.24, 2.45) is 0 Å². The molecule has 1 N–H and O–H groups in total. The second-order valence-electron chi connectivity index (χ2n) is 17.3. The van der Waals surface area contributed by atoms with E-state index in [1.165, 1.54) is 22.1 Å². The first-order valence-corrected chi connectivity index (χ1v) is 22.0. The fourth-order valence-electron chi connectivity index (χ4n) is 10.0. The molecule has 0 radical (unpaired) electrons. The fraction of sp³-hybridized carbons (Fsp3) is 0.388. The number of rotatable bonds is 9. The van der Waals surface area contributed by atoms with E-state index >= 15 is 4.39 Å². The van der Waals surface area contributed by atoms with Crippen molar-refractivity contribution < 1.29 is 28.3 Å². The number of carbonyl (C=O) groups excluding carboxylic acids is 4. The SMILES string of the molecule is C=CC1(N2Cc3nc(/C=C4/CC=C(CN5CCC=C(c6cc7c(cc6F)CN(C6CCC(=O)NC6=O)C7=O)CC5)CC4)ccc3C2=O)CCC(Oc2ccc(C#N)c(Cl)c2)CC1. The summed E-state index contributed by atoms with van der Waals surface area (Å²) in [5, 5.41) is 11.9. The first kappa shape index (κ1) is 41.5. The molecule has 1 saturated heterocycles. The van der Waals surface area contributed by atoms with Crippen LogP contribution in [0.4, 0.5) is 4.39 Å². The predicted molar refractivity (Wildman–Crippen MR) is 232 cm³/mol. The Morgan fingerprint density at radius 2 is 1.79 bits per heavy atom. The van der Waals surface area contributed by atoms with Crippen LogP contribution >= 0.6 is 11.6 Å². The highest BCUT2D eigenvalue weighted by molar-refractivity contribution is 6.31. The lowest BCUT2D eigenvalue weighted by Gasteiger charge is -2.44. The van der Waals surface area contributed by atoms with Gasteiger partial charge in [0.05, 0.1) is 45.7 Å². The fourth-order valence-corrected chi connectivity index (χ4v) is 10.2. The van der Waals surface area contributed by atoms with Crippen LogP contribution in [0.3, 0.4) is 0 Å². The van der Waals surface area contributed by atoms with Crippen molar-refractivity contribution >= 4 is 46.9 Å². The number of imide groups is 1. The number of aromatic nitrogens is 1. The first-order valence-electron chi connectivity index (χ1n) is 21.6. The van der Waals surface area contributed by atoms with Crippen molar-refractivity contribution in [2.45, 2.75) is 101 Å². The molecule has 1 saturated carbocycles. The number of nitriles is 1. The maximum atomic E-state index is 15.6. The second-order valence-corrected chi connectivity index (χ2v) is 17.7. The summed E-state index contributed by atoms with van der Waals surface area (Å²) in [6.07, 6.45) is 15.9. The number of benzene rings is 2. The summed E-state index contributed by atoms with van der Waals surface area (Å²) in [6.45, 7) is 7.21. The van der Waals surface area contributed by atoms with E-state index in [-0.39, 0.29) is 49.0 Å². The first-order chi connectivity index (χ1) is 30.0. The van der Waals surface area contributed by atoms with Crippen LogP contribution in [0.15, 0.2) is 78.4 Å². The number of carbonyl (C=O) groups is 4. The van der Waals surface area contributed by atoms with E-state index in [0.717, 1.165) is 88.0 Å². The number of hydrogen-bond acceptors (Lipinski definition) is 8. The third-order valence-corrected chi connectivity index (χ3v) is 13.9. The van der Waals surface area contributed by atoms with Gasteiger partial charge in [-0.25, -0.2) is 4.39 Å². The Morgan fingerprint density at radius 3 is 2.53 bits per heavy atom. The second kappa shape index (κ2) is 17.1. The molecular formula is C49H48ClFN6O5. The lowest BCUT2D eigenvalue weighted by atomic mass is 9.79. The van der Waals surface area contributed by atoms with Crippen LogP contribution in [-0.2, 0) is 22.7 Å². The minimum Gasteiger partial charge on any atom is -0.490 e. The lowest BCUT2D eigenvalue weighted by molar-refractivity contribution is -0.136. The van der Waals surface area contributed by atoms with Crippen molar-refractivity contribution in [1.29, 1.82) is 5.26 Å². The quantitative estimate of drug-likeness (QED) is 0.169. The van der Waals surface area contributed by atoms with Crippen molar-refractivity contribution in [3.63, 3.8) is 0 Å². The summed E-state index contributed by atoms with van der Waals surface area (Å²) in [6, 6.07) is 13.4. The zero-order valence-electron chi connectivity index (χ0n) is 34.6. The number of amides is 4. The number of piperidine rings is 1. The summed E-state index contributed by atoms with van der Waals surface area (Å²) >= 11 is 6.22. The van der Waals surface area contributed by atoms with Crippen LogP contribution in [0.1, 0.15) is 119 Å². The average molecular weight is 855 g/mol. The van der Waals surface area contributed by atoms with Crippen LogP contribution in [0, 0.1) is 17.1 Å². The molecule has 2 fully saturated rings. The summed E-state index contributed by atoms with van der Waals surface area (Å²) in [4.78, 5) is 62.1. The van der Waals surface area contributed by atoms with Gasteiger partial charge in [-0.15, -0.1) is 6.58 Å². The molecule has 0 spiro atoms. The Bertz CT molecular complexity index is 2530. The molecule has 4 aliphatic heterocycles. The van der Waals surface area contributed by atoms with Gasteiger partial charge in [0.25, 0.3) is 11.8 Å². The third-order valence-electron chi connectivity index (χ3n) is 13.5. The molecule has 13 heteroatoms. The molecule has 3 aromatic rings. The summed E-state index contributed by atoms with van der Waals surface area (Å²) in [7, 11) is 0. The minimum absolute atomic E-state index is 0.0168. The van der Waals surface area contributed by atoms with Crippen molar-refractivity contribution in [2.75, 3.05) is 19.6 Å².